The Morgan fingerprint density at radius 2 is 1.95 bits per heavy atom. The third kappa shape index (κ3) is 3.46. The summed E-state index contributed by atoms with van der Waals surface area (Å²) in [5, 5.41) is 17.7. The highest BCUT2D eigenvalue weighted by atomic mass is 16.5. The van der Waals surface area contributed by atoms with Crippen LogP contribution in [0.15, 0.2) is 18.2 Å². The van der Waals surface area contributed by atoms with Crippen LogP contribution in [0.4, 0.5) is 0 Å². The Morgan fingerprint density at radius 3 is 2.47 bits per heavy atom. The highest BCUT2D eigenvalue weighted by Crippen LogP contribution is 2.25. The maximum absolute atomic E-state index is 11.7. The monoisotopic (exact) mass is 258 g/mol. The number of hydrogen-bond acceptors (Lipinski definition) is 5. The van der Waals surface area contributed by atoms with Crippen LogP contribution in [-0.2, 0) is 4.74 Å². The molecule has 19 heavy (non-hydrogen) atoms. The second-order valence-electron chi connectivity index (χ2n) is 3.60. The molecule has 0 unspecified atom stereocenters. The van der Waals surface area contributed by atoms with E-state index < -0.39 is 11.9 Å². The predicted octanol–water partition coefficient (Wildman–Crippen LogP) is 2.39. The van der Waals surface area contributed by atoms with Crippen LogP contribution in [0.2, 0.25) is 0 Å². The number of carbonyl (C=O) groups is 1. The van der Waals surface area contributed by atoms with Crippen LogP contribution in [0.25, 0.3) is 0 Å². The number of ether oxygens (including phenoxy) is 2. The molecule has 0 heterocycles. The topological polar surface area (TPSA) is 83.1 Å². The van der Waals surface area contributed by atoms with Crippen molar-refractivity contribution < 1.29 is 14.3 Å². The quantitative estimate of drug-likeness (QED) is 0.757. The van der Waals surface area contributed by atoms with Gasteiger partial charge in [-0.25, -0.2) is 4.79 Å². The lowest BCUT2D eigenvalue weighted by atomic mass is 10.00. The summed E-state index contributed by atoms with van der Waals surface area (Å²) in [6.07, 6.45) is 0. The van der Waals surface area contributed by atoms with E-state index in [1.165, 1.54) is 12.1 Å². The minimum absolute atomic E-state index is 0.269. The molecule has 0 saturated heterocycles. The van der Waals surface area contributed by atoms with Crippen LogP contribution >= 0.6 is 0 Å². The van der Waals surface area contributed by atoms with Gasteiger partial charge in [0.1, 0.15) is 11.3 Å². The van der Waals surface area contributed by atoms with Gasteiger partial charge in [-0.05, 0) is 31.5 Å². The molecule has 0 amide bonds. The van der Waals surface area contributed by atoms with E-state index in [9.17, 15) is 4.79 Å². The molecule has 5 heteroatoms. The van der Waals surface area contributed by atoms with Gasteiger partial charge in [-0.2, -0.15) is 10.5 Å². The van der Waals surface area contributed by atoms with Crippen LogP contribution in [0.5, 0.6) is 5.75 Å². The normalized spacial score (nSPS) is 9.53. The van der Waals surface area contributed by atoms with Gasteiger partial charge in [0.25, 0.3) is 0 Å². The number of nitriles is 2. The summed E-state index contributed by atoms with van der Waals surface area (Å²) >= 11 is 0. The second-order valence-corrected chi connectivity index (χ2v) is 3.60. The molecule has 0 saturated carbocycles. The van der Waals surface area contributed by atoms with Gasteiger partial charge in [-0.15, -0.1) is 0 Å². The minimum Gasteiger partial charge on any atom is -0.493 e. The number of hydrogen-bond donors (Lipinski definition) is 0. The summed E-state index contributed by atoms with van der Waals surface area (Å²) in [5.74, 6) is -1.03. The summed E-state index contributed by atoms with van der Waals surface area (Å²) in [7, 11) is 0. The third-order valence-corrected chi connectivity index (χ3v) is 2.39. The van der Waals surface area contributed by atoms with Gasteiger partial charge < -0.3 is 9.47 Å². The van der Waals surface area contributed by atoms with Crippen molar-refractivity contribution in [1.82, 2.24) is 0 Å². The Kier molecular flexibility index (Phi) is 5.37. The van der Waals surface area contributed by atoms with Gasteiger partial charge in [-0.1, -0.05) is 6.07 Å². The van der Waals surface area contributed by atoms with Crippen LogP contribution in [-0.4, -0.2) is 19.2 Å². The molecule has 0 aliphatic rings. The van der Waals surface area contributed by atoms with E-state index in [2.05, 4.69) is 0 Å². The molecule has 0 aromatic heterocycles. The largest absolute Gasteiger partial charge is 0.493 e. The van der Waals surface area contributed by atoms with Crippen molar-refractivity contribution in [3.63, 3.8) is 0 Å². The van der Waals surface area contributed by atoms with Crippen molar-refractivity contribution in [2.75, 3.05) is 13.2 Å². The van der Waals surface area contributed by atoms with E-state index in [0.29, 0.717) is 23.5 Å². The van der Waals surface area contributed by atoms with Crippen molar-refractivity contribution in [2.45, 2.75) is 19.8 Å². The zero-order valence-electron chi connectivity index (χ0n) is 10.8. The summed E-state index contributed by atoms with van der Waals surface area (Å²) in [6, 6.07) is 8.37. The van der Waals surface area contributed by atoms with E-state index in [0.717, 1.165) is 0 Å². The first-order chi connectivity index (χ1) is 9.17. The number of benzene rings is 1. The van der Waals surface area contributed by atoms with Crippen molar-refractivity contribution in [2.24, 2.45) is 0 Å². The number of nitrogens with zero attached hydrogens (tertiary/aromatic N) is 2. The third-order valence-electron chi connectivity index (χ3n) is 2.39. The van der Waals surface area contributed by atoms with Gasteiger partial charge in [-0.3, -0.25) is 0 Å². The SMILES string of the molecule is CCOC(=O)c1ccc(C(C#N)C#N)cc1OCC. The first-order valence-electron chi connectivity index (χ1n) is 5.91. The van der Waals surface area contributed by atoms with Crippen LogP contribution in [0.1, 0.15) is 35.7 Å². The summed E-state index contributed by atoms with van der Waals surface area (Å²) in [4.78, 5) is 11.7. The predicted molar refractivity (Wildman–Crippen MR) is 67.5 cm³/mol. The highest BCUT2D eigenvalue weighted by Gasteiger charge is 2.17. The highest BCUT2D eigenvalue weighted by molar-refractivity contribution is 5.92. The standard InChI is InChI=1S/C14H14N2O3/c1-3-18-13-7-10(11(8-15)9-16)5-6-12(13)14(17)19-4-2/h5-7,11H,3-4H2,1-2H3. The average Bonchev–Trinajstić information content (AvgIpc) is 2.41. The molecular formula is C14H14N2O3. The van der Waals surface area contributed by atoms with Crippen molar-refractivity contribution in [1.29, 1.82) is 10.5 Å². The van der Waals surface area contributed by atoms with E-state index >= 15 is 0 Å². The smallest absolute Gasteiger partial charge is 0.341 e. The average molecular weight is 258 g/mol. The van der Waals surface area contributed by atoms with Crippen molar-refractivity contribution in [3.05, 3.63) is 29.3 Å². The van der Waals surface area contributed by atoms with Crippen LogP contribution < -0.4 is 4.74 Å². The lowest BCUT2D eigenvalue weighted by molar-refractivity contribution is 0.0522. The van der Waals surface area contributed by atoms with Gasteiger partial charge in [0, 0.05) is 0 Å². The zero-order chi connectivity index (χ0) is 14.3. The maximum atomic E-state index is 11.7. The molecule has 0 N–H and O–H groups in total. The molecule has 0 fully saturated rings. The molecule has 0 aliphatic carbocycles. The van der Waals surface area contributed by atoms with Crippen molar-refractivity contribution in [3.8, 4) is 17.9 Å². The molecule has 1 aromatic rings. The Bertz CT molecular complexity index is 527. The summed E-state index contributed by atoms with van der Waals surface area (Å²) < 4.78 is 10.3. The van der Waals surface area contributed by atoms with E-state index in [1.54, 1.807) is 19.9 Å². The first-order valence-corrected chi connectivity index (χ1v) is 5.91. The zero-order valence-corrected chi connectivity index (χ0v) is 10.8. The summed E-state index contributed by atoms with van der Waals surface area (Å²) in [5.41, 5.74) is 0.795. The van der Waals surface area contributed by atoms with Gasteiger partial charge in [0.2, 0.25) is 0 Å². The van der Waals surface area contributed by atoms with Gasteiger partial charge in [0.05, 0.1) is 25.4 Å². The first kappa shape index (κ1) is 14.5. The Labute approximate surface area is 112 Å². The van der Waals surface area contributed by atoms with E-state index in [4.69, 9.17) is 20.0 Å². The molecule has 0 bridgehead atoms. The lowest BCUT2D eigenvalue weighted by Gasteiger charge is -2.11. The fraction of sp³-hybridized carbons (Fsp3) is 0.357. The Morgan fingerprint density at radius 1 is 1.26 bits per heavy atom. The minimum atomic E-state index is -0.879. The fourth-order valence-electron chi connectivity index (χ4n) is 1.55. The molecule has 0 atom stereocenters. The molecule has 98 valence electrons. The number of esters is 1. The lowest BCUT2D eigenvalue weighted by Crippen LogP contribution is -2.08. The molecule has 0 spiro atoms. The second kappa shape index (κ2) is 7.03. The molecule has 5 nitrogen and oxygen atoms in total. The number of rotatable bonds is 5. The van der Waals surface area contributed by atoms with E-state index in [-0.39, 0.29) is 6.61 Å². The van der Waals surface area contributed by atoms with Crippen LogP contribution in [0.3, 0.4) is 0 Å². The molecule has 1 rings (SSSR count). The molecule has 1 aromatic carbocycles. The molecular weight excluding hydrogens is 244 g/mol. The fourth-order valence-corrected chi connectivity index (χ4v) is 1.55. The van der Waals surface area contributed by atoms with Crippen molar-refractivity contribution >= 4 is 5.97 Å². The molecule has 0 aliphatic heterocycles. The Hall–Kier alpha value is -2.53. The van der Waals surface area contributed by atoms with Gasteiger partial charge >= 0.3 is 5.97 Å². The van der Waals surface area contributed by atoms with Crippen LogP contribution in [0, 0.1) is 22.7 Å². The van der Waals surface area contributed by atoms with E-state index in [1.807, 2.05) is 12.1 Å². The maximum Gasteiger partial charge on any atom is 0.341 e. The summed E-state index contributed by atoms with van der Waals surface area (Å²) in [6.45, 7) is 4.15. The molecule has 0 radical (unpaired) electrons. The number of carbonyl (C=O) groups excluding carboxylic acids is 1. The van der Waals surface area contributed by atoms with Gasteiger partial charge in [0.15, 0.2) is 5.92 Å². The Balaban J connectivity index is 3.19.